The molecule has 0 N–H and O–H groups in total. The first-order valence-corrected chi connectivity index (χ1v) is 5.88. The summed E-state index contributed by atoms with van der Waals surface area (Å²) in [4.78, 5) is 21.3. The number of aromatic carboxylic acids is 1. The molecule has 3 rings (SSSR count). The average molecular weight is 283 g/mol. The van der Waals surface area contributed by atoms with Crippen LogP contribution in [0.1, 0.15) is 10.4 Å². The first kappa shape index (κ1) is 12.7. The molecular formula is C13H7N4O4-. The van der Waals surface area contributed by atoms with Crippen LogP contribution in [-0.2, 0) is 0 Å². The molecule has 104 valence electrons. The Hall–Kier alpha value is -3.29. The smallest absolute Gasteiger partial charge is 0.295 e. The van der Waals surface area contributed by atoms with Crippen molar-refractivity contribution in [3.8, 4) is 5.69 Å². The molecule has 1 aromatic heterocycles. The number of nitrogens with zero attached hydrogens (tertiary/aromatic N) is 4. The standard InChI is InChI=1S/C13H8N4O4/c18-13(19)8-5-6-11(12(7-8)17(20)21)16-10-4-2-1-3-9(10)14-15-16/h1-7H,(H,18,19)/p-1. The van der Waals surface area contributed by atoms with Crippen molar-refractivity contribution in [1.29, 1.82) is 0 Å². The number of carbonyl (C=O) groups is 1. The summed E-state index contributed by atoms with van der Waals surface area (Å²) in [6, 6.07) is 10.4. The number of hydrogen-bond donors (Lipinski definition) is 0. The van der Waals surface area contributed by atoms with E-state index in [0.29, 0.717) is 11.0 Å². The third kappa shape index (κ3) is 2.08. The van der Waals surface area contributed by atoms with E-state index in [1.165, 1.54) is 16.8 Å². The summed E-state index contributed by atoms with van der Waals surface area (Å²) in [5, 5.41) is 29.8. The largest absolute Gasteiger partial charge is 0.545 e. The van der Waals surface area contributed by atoms with Crippen LogP contribution in [0.15, 0.2) is 42.5 Å². The van der Waals surface area contributed by atoms with E-state index in [0.717, 1.165) is 6.07 Å². The minimum atomic E-state index is -1.48. The quantitative estimate of drug-likeness (QED) is 0.516. The van der Waals surface area contributed by atoms with Crippen LogP contribution in [0.4, 0.5) is 5.69 Å². The fourth-order valence-electron chi connectivity index (χ4n) is 2.02. The fraction of sp³-hybridized carbons (Fsp3) is 0. The minimum Gasteiger partial charge on any atom is -0.545 e. The van der Waals surface area contributed by atoms with Gasteiger partial charge >= 0.3 is 0 Å². The van der Waals surface area contributed by atoms with Gasteiger partial charge in [0.15, 0.2) is 0 Å². The van der Waals surface area contributed by atoms with Crippen molar-refractivity contribution in [2.75, 3.05) is 0 Å². The SMILES string of the molecule is O=C([O-])c1ccc(-n2nnc3ccccc32)c([N+](=O)[O-])c1. The predicted octanol–water partition coefficient (Wildman–Crippen LogP) is 0.692. The van der Waals surface area contributed by atoms with Gasteiger partial charge in [0.2, 0.25) is 0 Å². The number of nitro benzene ring substituents is 1. The minimum absolute atomic E-state index is 0.138. The molecule has 8 nitrogen and oxygen atoms in total. The van der Waals surface area contributed by atoms with E-state index in [1.54, 1.807) is 24.3 Å². The van der Waals surface area contributed by atoms with Crippen LogP contribution in [0.25, 0.3) is 16.7 Å². The van der Waals surface area contributed by atoms with Crippen molar-refractivity contribution < 1.29 is 14.8 Å². The first-order valence-electron chi connectivity index (χ1n) is 5.88. The average Bonchev–Trinajstić information content (AvgIpc) is 2.90. The Kier molecular flexibility index (Phi) is 2.83. The number of aromatic nitrogens is 3. The van der Waals surface area contributed by atoms with E-state index in [1.807, 2.05) is 0 Å². The molecule has 8 heteroatoms. The zero-order valence-corrected chi connectivity index (χ0v) is 10.5. The van der Waals surface area contributed by atoms with Gasteiger partial charge < -0.3 is 9.90 Å². The zero-order valence-electron chi connectivity index (χ0n) is 10.5. The van der Waals surface area contributed by atoms with Crippen molar-refractivity contribution in [2.24, 2.45) is 0 Å². The van der Waals surface area contributed by atoms with E-state index in [2.05, 4.69) is 10.3 Å². The number of carbonyl (C=O) groups excluding carboxylic acids is 1. The molecule has 0 aliphatic rings. The monoisotopic (exact) mass is 283 g/mol. The molecular weight excluding hydrogens is 276 g/mol. The summed E-state index contributed by atoms with van der Waals surface area (Å²) < 4.78 is 1.30. The van der Waals surface area contributed by atoms with Crippen LogP contribution >= 0.6 is 0 Å². The molecule has 0 spiro atoms. The molecule has 0 aliphatic heterocycles. The lowest BCUT2D eigenvalue weighted by Gasteiger charge is -2.07. The maximum atomic E-state index is 11.2. The van der Waals surface area contributed by atoms with Crippen molar-refractivity contribution >= 4 is 22.7 Å². The number of rotatable bonds is 3. The third-order valence-corrected chi connectivity index (χ3v) is 2.99. The molecule has 0 atom stereocenters. The molecule has 0 saturated carbocycles. The summed E-state index contributed by atoms with van der Waals surface area (Å²) in [7, 11) is 0. The number of carboxylic acid groups (broad SMARTS) is 1. The van der Waals surface area contributed by atoms with Gasteiger partial charge in [-0.2, -0.15) is 0 Å². The summed E-state index contributed by atoms with van der Waals surface area (Å²) in [6.07, 6.45) is 0. The van der Waals surface area contributed by atoms with E-state index in [-0.39, 0.29) is 16.9 Å². The normalized spacial score (nSPS) is 10.7. The summed E-state index contributed by atoms with van der Waals surface area (Å²) >= 11 is 0. The Morgan fingerprint density at radius 2 is 1.95 bits per heavy atom. The Bertz CT molecular complexity index is 871. The number of para-hydroxylation sites is 1. The number of fused-ring (bicyclic) bond motifs is 1. The number of carboxylic acids is 1. The van der Waals surface area contributed by atoms with Gasteiger partial charge in [-0.1, -0.05) is 23.4 Å². The predicted molar refractivity (Wildman–Crippen MR) is 69.8 cm³/mol. The maximum absolute atomic E-state index is 11.2. The van der Waals surface area contributed by atoms with Gasteiger partial charge in [0.25, 0.3) is 5.69 Å². The highest BCUT2D eigenvalue weighted by Crippen LogP contribution is 2.26. The third-order valence-electron chi connectivity index (χ3n) is 2.99. The summed E-state index contributed by atoms with van der Waals surface area (Å²) in [5.74, 6) is -1.48. The second-order valence-corrected chi connectivity index (χ2v) is 4.24. The Balaban J connectivity index is 2.27. The lowest BCUT2D eigenvalue weighted by atomic mass is 10.1. The summed E-state index contributed by atoms with van der Waals surface area (Å²) in [5.41, 5.74) is 0.651. The van der Waals surface area contributed by atoms with Gasteiger partial charge in [-0.25, -0.2) is 4.68 Å². The van der Waals surface area contributed by atoms with E-state index >= 15 is 0 Å². The number of hydrogen-bond acceptors (Lipinski definition) is 6. The molecule has 0 unspecified atom stereocenters. The van der Waals surface area contributed by atoms with Crippen LogP contribution in [0, 0.1) is 10.1 Å². The van der Waals surface area contributed by atoms with Crippen LogP contribution < -0.4 is 5.11 Å². The molecule has 21 heavy (non-hydrogen) atoms. The molecule has 0 saturated heterocycles. The molecule has 0 fully saturated rings. The van der Waals surface area contributed by atoms with Gasteiger partial charge in [0, 0.05) is 11.6 Å². The van der Waals surface area contributed by atoms with E-state index < -0.39 is 10.9 Å². The van der Waals surface area contributed by atoms with Gasteiger partial charge in [-0.15, -0.1) is 5.10 Å². The van der Waals surface area contributed by atoms with Crippen LogP contribution in [0.3, 0.4) is 0 Å². The van der Waals surface area contributed by atoms with E-state index in [4.69, 9.17) is 0 Å². The van der Waals surface area contributed by atoms with Gasteiger partial charge in [0.1, 0.15) is 11.2 Å². The molecule has 0 radical (unpaired) electrons. The first-order chi connectivity index (χ1) is 10.1. The van der Waals surface area contributed by atoms with Crippen molar-refractivity contribution in [3.63, 3.8) is 0 Å². The second kappa shape index (κ2) is 4.67. The van der Waals surface area contributed by atoms with E-state index in [9.17, 15) is 20.0 Å². The highest BCUT2D eigenvalue weighted by molar-refractivity contribution is 5.88. The van der Waals surface area contributed by atoms with Crippen LogP contribution in [0.5, 0.6) is 0 Å². The Morgan fingerprint density at radius 1 is 1.19 bits per heavy atom. The maximum Gasteiger partial charge on any atom is 0.295 e. The second-order valence-electron chi connectivity index (χ2n) is 4.24. The van der Waals surface area contributed by atoms with Crippen molar-refractivity contribution in [3.05, 3.63) is 58.1 Å². The van der Waals surface area contributed by atoms with Crippen molar-refractivity contribution in [1.82, 2.24) is 15.0 Å². The molecule has 2 aromatic carbocycles. The van der Waals surface area contributed by atoms with Crippen LogP contribution in [0.2, 0.25) is 0 Å². The molecule has 0 amide bonds. The van der Waals surface area contributed by atoms with Gasteiger partial charge in [-0.05, 0) is 18.2 Å². The lowest BCUT2D eigenvalue weighted by Crippen LogP contribution is -2.22. The fourth-order valence-corrected chi connectivity index (χ4v) is 2.02. The molecule has 3 aromatic rings. The molecule has 0 aliphatic carbocycles. The molecule has 0 bridgehead atoms. The number of nitro groups is 1. The zero-order chi connectivity index (χ0) is 15.0. The Morgan fingerprint density at radius 3 is 2.67 bits per heavy atom. The van der Waals surface area contributed by atoms with Crippen molar-refractivity contribution in [2.45, 2.75) is 0 Å². The topological polar surface area (TPSA) is 114 Å². The molecule has 1 heterocycles. The van der Waals surface area contributed by atoms with Gasteiger partial charge in [0.05, 0.1) is 16.4 Å². The number of benzene rings is 2. The lowest BCUT2D eigenvalue weighted by molar-refractivity contribution is -0.384. The summed E-state index contributed by atoms with van der Waals surface area (Å²) in [6.45, 7) is 0. The Labute approximate surface area is 117 Å². The van der Waals surface area contributed by atoms with Gasteiger partial charge in [-0.3, -0.25) is 10.1 Å². The highest BCUT2D eigenvalue weighted by atomic mass is 16.6. The van der Waals surface area contributed by atoms with Crippen LogP contribution in [-0.4, -0.2) is 25.9 Å². The highest BCUT2D eigenvalue weighted by Gasteiger charge is 2.19.